The molecule has 0 amide bonds. The molecule has 81 heavy (non-hydrogen) atoms. The molecule has 0 aliphatic rings. The van der Waals surface area contributed by atoms with E-state index in [1.54, 1.807) is 69.2 Å². The molecule has 0 saturated carbocycles. The molecule has 16 heteroatoms. The van der Waals surface area contributed by atoms with Crippen molar-refractivity contribution < 1.29 is 76.1 Å². The smallest absolute Gasteiger partial charge is 0.186 e. The molecule has 0 heterocycles. The summed E-state index contributed by atoms with van der Waals surface area (Å²) < 4.78 is 71.4. The minimum absolute atomic E-state index is 0.0598. The lowest BCUT2D eigenvalue weighted by molar-refractivity contribution is -0.193. The second kappa shape index (κ2) is 32.2. The molecular formula is C65H112O16. The van der Waals surface area contributed by atoms with E-state index in [0.29, 0.717) is 32.1 Å². The Kier molecular flexibility index (Phi) is 30.9. The van der Waals surface area contributed by atoms with Crippen molar-refractivity contribution in [2.24, 2.45) is 10.8 Å². The first-order valence-electron chi connectivity index (χ1n) is 28.5. The Hall–Kier alpha value is -3.39. The predicted octanol–water partition coefficient (Wildman–Crippen LogP) is 11.7. The summed E-state index contributed by atoms with van der Waals surface area (Å²) in [6.07, 6.45) is 8.47. The number of carbonyl (C=O) groups is 5. The molecule has 468 valence electrons. The molecule has 0 saturated heterocycles. The summed E-state index contributed by atoms with van der Waals surface area (Å²) in [4.78, 5) is 62.8. The van der Waals surface area contributed by atoms with Gasteiger partial charge in [-0.15, -0.1) is 0 Å². The van der Waals surface area contributed by atoms with Gasteiger partial charge in [0.25, 0.3) is 0 Å². The summed E-state index contributed by atoms with van der Waals surface area (Å²) in [5.41, 5.74) is -10.9. The zero-order valence-electron chi connectivity index (χ0n) is 54.5. The molecule has 16 nitrogen and oxygen atoms in total. The van der Waals surface area contributed by atoms with E-state index in [4.69, 9.17) is 52.1 Å². The van der Waals surface area contributed by atoms with Crippen molar-refractivity contribution in [2.45, 2.75) is 234 Å². The zero-order valence-corrected chi connectivity index (χ0v) is 54.5. The van der Waals surface area contributed by atoms with Gasteiger partial charge >= 0.3 is 0 Å². The molecule has 0 spiro atoms. The van der Waals surface area contributed by atoms with E-state index >= 15 is 0 Å². The third-order valence-corrected chi connectivity index (χ3v) is 14.5. The molecule has 0 N–H and O–H groups in total. The first-order chi connectivity index (χ1) is 36.7. The van der Waals surface area contributed by atoms with Gasteiger partial charge in [0.15, 0.2) is 28.9 Å². The Morgan fingerprint density at radius 1 is 0.272 bits per heavy atom. The number of ketones is 5. The van der Waals surface area contributed by atoms with Gasteiger partial charge in [-0.05, 0) is 201 Å². The van der Waals surface area contributed by atoms with Crippen LogP contribution in [0.4, 0.5) is 0 Å². The summed E-state index contributed by atoms with van der Waals surface area (Å²) in [5.74, 6) is -1.15. The van der Waals surface area contributed by atoms with Crippen LogP contribution in [-0.2, 0) is 76.1 Å². The van der Waals surface area contributed by atoms with Gasteiger partial charge < -0.3 is 52.1 Å². The molecule has 0 aliphatic carbocycles. The van der Waals surface area contributed by atoms with Crippen LogP contribution < -0.4 is 0 Å². The molecule has 0 bridgehead atoms. The van der Waals surface area contributed by atoms with Crippen LogP contribution in [0.1, 0.15) is 178 Å². The molecule has 0 aromatic heterocycles. The van der Waals surface area contributed by atoms with E-state index < -0.39 is 66.8 Å². The normalized spacial score (nSPS) is 13.9. The second-order valence-electron chi connectivity index (χ2n) is 27.4. The number of rotatable bonds is 49. The highest BCUT2D eigenvalue weighted by Gasteiger charge is 2.42. The minimum Gasteiger partial charge on any atom is -0.380 e. The van der Waals surface area contributed by atoms with E-state index in [1.807, 2.05) is 76.2 Å². The maximum atomic E-state index is 12.6. The number of hydrogen-bond donors (Lipinski definition) is 0. The maximum Gasteiger partial charge on any atom is 0.186 e. The van der Waals surface area contributed by atoms with Gasteiger partial charge in [-0.3, -0.25) is 24.0 Å². The monoisotopic (exact) mass is 1150 g/mol. The van der Waals surface area contributed by atoms with Crippen molar-refractivity contribution in [2.75, 3.05) is 79.3 Å². The van der Waals surface area contributed by atoms with E-state index in [1.165, 1.54) is 30.4 Å². The molecule has 0 aliphatic heterocycles. The second-order valence-corrected chi connectivity index (χ2v) is 27.4. The molecule has 0 unspecified atom stereocenters. The molecule has 0 fully saturated rings. The third-order valence-electron chi connectivity index (χ3n) is 14.5. The van der Waals surface area contributed by atoms with Crippen molar-refractivity contribution in [1.82, 2.24) is 0 Å². The van der Waals surface area contributed by atoms with E-state index in [9.17, 15) is 24.0 Å². The number of carbonyl (C=O) groups excluding carboxylic acids is 5. The Morgan fingerprint density at radius 3 is 0.642 bits per heavy atom. The largest absolute Gasteiger partial charge is 0.380 e. The zero-order chi connectivity index (χ0) is 63.2. The van der Waals surface area contributed by atoms with Crippen molar-refractivity contribution in [3.63, 3.8) is 0 Å². The molecule has 0 atom stereocenters. The van der Waals surface area contributed by atoms with Crippen molar-refractivity contribution in [3.8, 4) is 0 Å². The summed E-state index contributed by atoms with van der Waals surface area (Å²) >= 11 is 0. The number of hydrogen-bond acceptors (Lipinski definition) is 16. The van der Waals surface area contributed by atoms with E-state index in [0.717, 1.165) is 0 Å². The first-order valence-corrected chi connectivity index (χ1v) is 28.5. The van der Waals surface area contributed by atoms with Crippen LogP contribution >= 0.6 is 0 Å². The van der Waals surface area contributed by atoms with Crippen LogP contribution in [0.25, 0.3) is 0 Å². The minimum atomic E-state index is -1.08. The van der Waals surface area contributed by atoms with Crippen LogP contribution in [0.5, 0.6) is 0 Å². The van der Waals surface area contributed by atoms with Crippen molar-refractivity contribution in [3.05, 3.63) is 63.3 Å². The summed E-state index contributed by atoms with van der Waals surface area (Å²) in [6.45, 7) is 58.8. The highest BCUT2D eigenvalue weighted by molar-refractivity contribution is 5.97. The van der Waals surface area contributed by atoms with Crippen LogP contribution in [0.2, 0.25) is 0 Å². The SMILES string of the molecule is C=CC(=O)C(C)(C)OCCC(C)(C)OCC(C)(COCC(COC(C)(C)CCOC(C)(C)C(=O)C=C)(COC(C)(C)CCOC(C)(C)C(=O)C=C)COC(C)(C)CCOC(C)(C)C(=O)C=C)COC(C)(C)CCOC(C)(C)C(=O)C=C. The first kappa shape index (κ1) is 77.6. The van der Waals surface area contributed by atoms with Crippen LogP contribution in [0.15, 0.2) is 63.3 Å². The van der Waals surface area contributed by atoms with Gasteiger partial charge in [0.1, 0.15) is 28.0 Å². The Balaban J connectivity index is 7.52. The molecular weight excluding hydrogens is 1040 g/mol. The molecule has 0 radical (unpaired) electrons. The van der Waals surface area contributed by atoms with Crippen molar-refractivity contribution >= 4 is 28.9 Å². The molecule has 0 aromatic rings. The van der Waals surface area contributed by atoms with Gasteiger partial charge in [-0.25, -0.2) is 0 Å². The summed E-state index contributed by atoms with van der Waals surface area (Å²) in [6, 6.07) is 0. The standard InChI is InChI=1S/C65H112O16/c1-27-49(66)59(16,17)72-37-32-54(6,7)77-43-64(26,44-78-55(8,9)33-38-73-60(18,19)50(67)28-2)42-71-45-65(46-79-56(10,11)34-39-74-61(20,21)51(68)29-3,47-80-57(12,13)35-40-75-62(22,23)52(69)30-4)48-81-58(14,15)36-41-76-63(24,25)53(70)31-5/h27-31H,1-5,32-48H2,6-26H3. The fourth-order valence-electron chi connectivity index (χ4n) is 7.38. The highest BCUT2D eigenvalue weighted by atomic mass is 16.6. The van der Waals surface area contributed by atoms with Gasteiger partial charge in [0.2, 0.25) is 0 Å². The average Bonchev–Trinajstić information content (AvgIpc) is 3.35. The summed E-state index contributed by atoms with van der Waals surface area (Å²) in [7, 11) is 0. The summed E-state index contributed by atoms with van der Waals surface area (Å²) in [5, 5.41) is 0. The van der Waals surface area contributed by atoms with Crippen LogP contribution in [0, 0.1) is 10.8 Å². The predicted molar refractivity (Wildman–Crippen MR) is 321 cm³/mol. The lowest BCUT2D eigenvalue weighted by Crippen LogP contribution is -2.49. The molecule has 0 rings (SSSR count). The van der Waals surface area contributed by atoms with Crippen LogP contribution in [-0.4, -0.2) is 164 Å². The highest BCUT2D eigenvalue weighted by Crippen LogP contribution is 2.34. The van der Waals surface area contributed by atoms with Crippen LogP contribution in [0.3, 0.4) is 0 Å². The Bertz CT molecular complexity index is 1880. The average molecular weight is 1150 g/mol. The molecule has 0 aromatic carbocycles. The van der Waals surface area contributed by atoms with Crippen molar-refractivity contribution in [1.29, 1.82) is 0 Å². The number of ether oxygens (including phenoxy) is 11. The van der Waals surface area contributed by atoms with E-state index in [-0.39, 0.29) is 108 Å². The Labute approximate surface area is 490 Å². The van der Waals surface area contributed by atoms with Gasteiger partial charge in [0.05, 0.1) is 113 Å². The fourth-order valence-corrected chi connectivity index (χ4v) is 7.38. The topological polar surface area (TPSA) is 187 Å². The third kappa shape index (κ3) is 29.8. The lowest BCUT2D eigenvalue weighted by Gasteiger charge is -2.42. The fraction of sp³-hybridized carbons (Fsp3) is 0.769. The Morgan fingerprint density at radius 2 is 0.457 bits per heavy atom. The lowest BCUT2D eigenvalue weighted by atomic mass is 9.89. The quantitative estimate of drug-likeness (QED) is 0.0523. The maximum absolute atomic E-state index is 12.6. The van der Waals surface area contributed by atoms with Gasteiger partial charge in [-0.1, -0.05) is 39.8 Å². The van der Waals surface area contributed by atoms with E-state index in [2.05, 4.69) is 32.9 Å². The van der Waals surface area contributed by atoms with Gasteiger partial charge in [0, 0.05) is 5.41 Å². The van der Waals surface area contributed by atoms with Gasteiger partial charge in [-0.2, -0.15) is 0 Å².